The van der Waals surface area contributed by atoms with Crippen molar-refractivity contribution in [2.45, 2.75) is 13.0 Å². The summed E-state index contributed by atoms with van der Waals surface area (Å²) in [4.78, 5) is 25.7. The Morgan fingerprint density at radius 2 is 1.79 bits per heavy atom. The van der Waals surface area contributed by atoms with Gasteiger partial charge in [-0.3, -0.25) is 4.79 Å². The molecule has 0 aliphatic heterocycles. The van der Waals surface area contributed by atoms with Crippen LogP contribution >= 0.6 is 0 Å². The first kappa shape index (κ1) is 17.2. The first-order chi connectivity index (χ1) is 14.2. The summed E-state index contributed by atoms with van der Waals surface area (Å²) in [6, 6.07) is 20.5. The number of nitrogens with one attached hydrogen (secondary N) is 2. The highest BCUT2D eigenvalue weighted by atomic mass is 16.3. The van der Waals surface area contributed by atoms with Crippen LogP contribution in [0.15, 0.2) is 77.4 Å². The molecule has 0 radical (unpaired) electrons. The molecule has 142 valence electrons. The van der Waals surface area contributed by atoms with Gasteiger partial charge in [0.05, 0.1) is 34.4 Å². The quantitative estimate of drug-likeness (QED) is 0.465. The summed E-state index contributed by atoms with van der Waals surface area (Å²) in [5.41, 5.74) is 3.72. The van der Waals surface area contributed by atoms with Crippen LogP contribution in [0.5, 0.6) is 0 Å². The Morgan fingerprint density at radius 1 is 1.00 bits per heavy atom. The van der Waals surface area contributed by atoms with E-state index in [0.29, 0.717) is 22.8 Å². The van der Waals surface area contributed by atoms with Crippen molar-refractivity contribution >= 4 is 27.8 Å². The fraction of sp³-hybridized carbons (Fsp3) is 0.0870. The van der Waals surface area contributed by atoms with Crippen LogP contribution in [-0.2, 0) is 0 Å². The number of amides is 1. The van der Waals surface area contributed by atoms with Crippen LogP contribution in [0.1, 0.15) is 29.1 Å². The van der Waals surface area contributed by atoms with E-state index in [2.05, 4.69) is 20.3 Å². The number of hydrogen-bond acceptors (Lipinski definition) is 4. The number of aromatic nitrogens is 3. The molecule has 1 amide bonds. The van der Waals surface area contributed by atoms with Crippen molar-refractivity contribution in [1.29, 1.82) is 0 Å². The molecule has 0 aliphatic carbocycles. The molecule has 1 unspecified atom stereocenters. The number of rotatable bonds is 4. The van der Waals surface area contributed by atoms with Gasteiger partial charge in [-0.2, -0.15) is 0 Å². The van der Waals surface area contributed by atoms with E-state index in [9.17, 15) is 4.79 Å². The lowest BCUT2D eigenvalue weighted by Gasteiger charge is -2.13. The van der Waals surface area contributed by atoms with Gasteiger partial charge in [0.2, 0.25) is 0 Å². The molecule has 0 fully saturated rings. The minimum atomic E-state index is -0.283. The van der Waals surface area contributed by atoms with Crippen LogP contribution < -0.4 is 5.32 Å². The van der Waals surface area contributed by atoms with E-state index < -0.39 is 0 Å². The number of para-hydroxylation sites is 3. The molecule has 2 N–H and O–H groups in total. The first-order valence-corrected chi connectivity index (χ1v) is 9.38. The normalized spacial score (nSPS) is 12.3. The van der Waals surface area contributed by atoms with Crippen LogP contribution in [-0.4, -0.2) is 20.9 Å². The zero-order chi connectivity index (χ0) is 19.8. The maximum atomic E-state index is 13.2. The average Bonchev–Trinajstić information content (AvgIpc) is 3.42. The fourth-order valence-corrected chi connectivity index (χ4v) is 3.43. The van der Waals surface area contributed by atoms with Crippen molar-refractivity contribution < 1.29 is 9.21 Å². The van der Waals surface area contributed by atoms with Crippen molar-refractivity contribution in [3.05, 3.63) is 84.4 Å². The summed E-state index contributed by atoms with van der Waals surface area (Å²) in [6.07, 6.45) is 1.59. The number of pyridine rings is 1. The highest BCUT2D eigenvalue weighted by Gasteiger charge is 2.19. The van der Waals surface area contributed by atoms with Gasteiger partial charge in [0.1, 0.15) is 11.5 Å². The monoisotopic (exact) mass is 382 g/mol. The van der Waals surface area contributed by atoms with Crippen molar-refractivity contribution in [2.24, 2.45) is 0 Å². The van der Waals surface area contributed by atoms with Gasteiger partial charge in [0.25, 0.3) is 5.91 Å². The van der Waals surface area contributed by atoms with Gasteiger partial charge in [-0.1, -0.05) is 30.3 Å². The smallest absolute Gasteiger partial charge is 0.252 e. The summed E-state index contributed by atoms with van der Waals surface area (Å²) >= 11 is 0. The number of furan rings is 1. The van der Waals surface area contributed by atoms with Gasteiger partial charge in [-0.15, -0.1) is 0 Å². The molecule has 29 heavy (non-hydrogen) atoms. The number of imidazole rings is 1. The number of hydrogen-bond donors (Lipinski definition) is 2. The molecule has 0 aliphatic rings. The molecule has 1 atom stereocenters. The van der Waals surface area contributed by atoms with Crippen LogP contribution in [0.4, 0.5) is 0 Å². The first-order valence-electron chi connectivity index (χ1n) is 9.38. The highest BCUT2D eigenvalue weighted by molar-refractivity contribution is 6.07. The van der Waals surface area contributed by atoms with Gasteiger partial charge in [0, 0.05) is 5.39 Å². The van der Waals surface area contributed by atoms with Gasteiger partial charge in [-0.25, -0.2) is 9.97 Å². The topological polar surface area (TPSA) is 83.8 Å². The predicted octanol–water partition coefficient (Wildman–Crippen LogP) is 4.86. The van der Waals surface area contributed by atoms with E-state index in [1.54, 1.807) is 18.4 Å². The van der Waals surface area contributed by atoms with Crippen LogP contribution in [0.3, 0.4) is 0 Å². The number of carbonyl (C=O) groups excluding carboxylic acids is 1. The molecule has 0 spiro atoms. The highest BCUT2D eigenvalue weighted by Crippen LogP contribution is 2.26. The van der Waals surface area contributed by atoms with Gasteiger partial charge in [0.15, 0.2) is 5.76 Å². The van der Waals surface area contributed by atoms with Crippen molar-refractivity contribution in [3.63, 3.8) is 0 Å². The van der Waals surface area contributed by atoms with E-state index in [1.807, 2.05) is 61.5 Å². The Morgan fingerprint density at radius 3 is 2.59 bits per heavy atom. The predicted molar refractivity (Wildman–Crippen MR) is 111 cm³/mol. The second-order valence-electron chi connectivity index (χ2n) is 6.88. The molecule has 2 aromatic carbocycles. The largest absolute Gasteiger partial charge is 0.463 e. The average molecular weight is 382 g/mol. The second-order valence-corrected chi connectivity index (χ2v) is 6.88. The molecule has 6 nitrogen and oxygen atoms in total. The van der Waals surface area contributed by atoms with E-state index >= 15 is 0 Å². The molecule has 0 bridgehead atoms. The summed E-state index contributed by atoms with van der Waals surface area (Å²) in [7, 11) is 0. The summed E-state index contributed by atoms with van der Waals surface area (Å²) in [5, 5.41) is 3.84. The second kappa shape index (κ2) is 6.91. The Bertz CT molecular complexity index is 1290. The molecule has 5 aromatic rings. The Hall–Kier alpha value is -3.93. The number of benzene rings is 2. The van der Waals surface area contributed by atoms with E-state index in [1.165, 1.54) is 0 Å². The maximum absolute atomic E-state index is 13.2. The molecular formula is C23H18N4O2. The van der Waals surface area contributed by atoms with Crippen molar-refractivity contribution in [2.75, 3.05) is 0 Å². The third kappa shape index (κ3) is 3.14. The number of aromatic amines is 1. The molecular weight excluding hydrogens is 364 g/mol. The number of carbonyl (C=O) groups is 1. The van der Waals surface area contributed by atoms with E-state index in [0.717, 1.165) is 21.9 Å². The Balaban J connectivity index is 1.51. The zero-order valence-corrected chi connectivity index (χ0v) is 15.7. The molecule has 6 heteroatoms. The van der Waals surface area contributed by atoms with Crippen LogP contribution in [0.25, 0.3) is 33.4 Å². The molecule has 0 saturated carbocycles. The standard InChI is InChI=1S/C23H18N4O2/c1-14(22-26-18-9-4-5-10-19(18)27-22)24-23(28)16-13-20(21-11-6-12-29-21)25-17-8-3-2-7-15(16)17/h2-14H,1H3,(H,24,28)(H,26,27). The van der Waals surface area contributed by atoms with Crippen LogP contribution in [0, 0.1) is 0 Å². The molecule has 0 saturated heterocycles. The molecule has 3 aromatic heterocycles. The third-order valence-corrected chi connectivity index (χ3v) is 4.90. The third-order valence-electron chi connectivity index (χ3n) is 4.90. The summed E-state index contributed by atoms with van der Waals surface area (Å²) in [5.74, 6) is 1.14. The Kier molecular flexibility index (Phi) is 4.09. The number of H-pyrrole nitrogens is 1. The minimum Gasteiger partial charge on any atom is -0.463 e. The number of nitrogens with zero attached hydrogens (tertiary/aromatic N) is 2. The lowest BCUT2D eigenvalue weighted by Crippen LogP contribution is -2.27. The van der Waals surface area contributed by atoms with Gasteiger partial charge >= 0.3 is 0 Å². The fourth-order valence-electron chi connectivity index (χ4n) is 3.43. The van der Waals surface area contributed by atoms with Gasteiger partial charge < -0.3 is 14.7 Å². The van der Waals surface area contributed by atoms with Crippen LogP contribution in [0.2, 0.25) is 0 Å². The van der Waals surface area contributed by atoms with Crippen molar-refractivity contribution in [1.82, 2.24) is 20.3 Å². The molecule has 3 heterocycles. The van der Waals surface area contributed by atoms with Gasteiger partial charge in [-0.05, 0) is 43.3 Å². The van der Waals surface area contributed by atoms with E-state index in [4.69, 9.17) is 4.42 Å². The lowest BCUT2D eigenvalue weighted by atomic mass is 10.1. The van der Waals surface area contributed by atoms with E-state index in [-0.39, 0.29) is 11.9 Å². The number of fused-ring (bicyclic) bond motifs is 2. The summed E-state index contributed by atoms with van der Waals surface area (Å²) in [6.45, 7) is 1.91. The molecule has 5 rings (SSSR count). The minimum absolute atomic E-state index is 0.190. The lowest BCUT2D eigenvalue weighted by molar-refractivity contribution is 0.0940. The SMILES string of the molecule is CC(NC(=O)c1cc(-c2ccco2)nc2ccccc12)c1nc2ccccc2[nH]1. The Labute approximate surface area is 166 Å². The van der Waals surface area contributed by atoms with Crippen molar-refractivity contribution in [3.8, 4) is 11.5 Å². The maximum Gasteiger partial charge on any atom is 0.252 e. The zero-order valence-electron chi connectivity index (χ0n) is 15.7. The summed E-state index contributed by atoms with van der Waals surface area (Å²) < 4.78 is 5.48.